The van der Waals surface area contributed by atoms with Gasteiger partial charge in [0.15, 0.2) is 0 Å². The van der Waals surface area contributed by atoms with Gasteiger partial charge < -0.3 is 9.64 Å². The average Bonchev–Trinajstić information content (AvgIpc) is 2.87. The first kappa shape index (κ1) is 7.62. The van der Waals surface area contributed by atoms with E-state index in [9.17, 15) is 0 Å². The molecule has 1 aliphatic rings. The van der Waals surface area contributed by atoms with Crippen LogP contribution in [0.5, 0.6) is 0 Å². The third-order valence-corrected chi connectivity index (χ3v) is 2.11. The van der Waals surface area contributed by atoms with E-state index in [1.54, 1.807) is 0 Å². The van der Waals surface area contributed by atoms with Gasteiger partial charge in [-0.25, -0.2) is 0 Å². The molecule has 0 aromatic heterocycles. The molecular weight excluding hydrogens is 150 g/mol. The summed E-state index contributed by atoms with van der Waals surface area (Å²) in [4.78, 5) is 2.09. The Hall–Kier alpha value is -1.02. The van der Waals surface area contributed by atoms with Crippen molar-refractivity contribution < 1.29 is 4.74 Å². The van der Waals surface area contributed by atoms with Crippen molar-refractivity contribution >= 4 is 5.69 Å². The third kappa shape index (κ3) is 1.43. The van der Waals surface area contributed by atoms with Crippen LogP contribution in [-0.2, 0) is 4.74 Å². The zero-order valence-electron chi connectivity index (χ0n) is 7.45. The Morgan fingerprint density at radius 2 is 1.83 bits per heavy atom. The summed E-state index contributed by atoms with van der Waals surface area (Å²) < 4.78 is 5.18. The number of anilines is 1. The zero-order chi connectivity index (χ0) is 8.55. The normalized spacial score (nSPS) is 20.7. The second kappa shape index (κ2) is 2.79. The van der Waals surface area contributed by atoms with Crippen LogP contribution in [0.25, 0.3) is 0 Å². The monoisotopic (exact) mass is 163 g/mol. The predicted molar refractivity (Wildman–Crippen MR) is 49.5 cm³/mol. The average molecular weight is 163 g/mol. The van der Waals surface area contributed by atoms with Crippen LogP contribution in [0, 0.1) is 0 Å². The zero-order valence-corrected chi connectivity index (χ0v) is 7.45. The highest BCUT2D eigenvalue weighted by atomic mass is 16.6. The van der Waals surface area contributed by atoms with Gasteiger partial charge in [-0.1, -0.05) is 12.1 Å². The van der Waals surface area contributed by atoms with Crippen molar-refractivity contribution in [2.24, 2.45) is 0 Å². The second-order valence-corrected chi connectivity index (χ2v) is 3.31. The van der Waals surface area contributed by atoms with Crippen molar-refractivity contribution in [3.8, 4) is 0 Å². The molecule has 0 aliphatic carbocycles. The van der Waals surface area contributed by atoms with Gasteiger partial charge in [0.25, 0.3) is 0 Å². The van der Waals surface area contributed by atoms with Gasteiger partial charge in [-0.15, -0.1) is 0 Å². The van der Waals surface area contributed by atoms with Crippen LogP contribution in [0.4, 0.5) is 5.69 Å². The molecule has 0 amide bonds. The van der Waals surface area contributed by atoms with E-state index in [-0.39, 0.29) is 0 Å². The molecule has 2 heteroatoms. The molecule has 1 aliphatic heterocycles. The quantitative estimate of drug-likeness (QED) is 0.618. The highest BCUT2D eigenvalue weighted by molar-refractivity contribution is 5.46. The molecular formula is C10H13NO. The lowest BCUT2D eigenvalue weighted by molar-refractivity contribution is 0.415. The Morgan fingerprint density at radius 1 is 1.25 bits per heavy atom. The minimum atomic E-state index is 0.376. The first-order valence-electron chi connectivity index (χ1n) is 4.16. The summed E-state index contributed by atoms with van der Waals surface area (Å²) >= 11 is 0. The van der Waals surface area contributed by atoms with Crippen LogP contribution in [-0.4, -0.2) is 20.7 Å². The highest BCUT2D eigenvalue weighted by Crippen LogP contribution is 2.30. The van der Waals surface area contributed by atoms with E-state index in [2.05, 4.69) is 29.2 Å². The van der Waals surface area contributed by atoms with Crippen molar-refractivity contribution in [2.75, 3.05) is 25.6 Å². The summed E-state index contributed by atoms with van der Waals surface area (Å²) in [5.74, 6) is 0. The van der Waals surface area contributed by atoms with Crippen LogP contribution in [0.1, 0.15) is 11.7 Å². The first-order valence-corrected chi connectivity index (χ1v) is 4.16. The maximum Gasteiger partial charge on any atom is 0.106 e. The Labute approximate surface area is 72.8 Å². The Bertz CT molecular complexity index is 241. The van der Waals surface area contributed by atoms with E-state index in [0.717, 1.165) is 6.61 Å². The maximum atomic E-state index is 5.18. The number of hydrogen-bond donors (Lipinski definition) is 0. The van der Waals surface area contributed by atoms with Gasteiger partial charge in [0.05, 0.1) is 6.61 Å². The summed E-state index contributed by atoms with van der Waals surface area (Å²) in [6.07, 6.45) is 0.376. The summed E-state index contributed by atoms with van der Waals surface area (Å²) in [7, 11) is 4.09. The molecule has 1 atom stereocenters. The van der Waals surface area contributed by atoms with Gasteiger partial charge in [0.2, 0.25) is 0 Å². The predicted octanol–water partition coefficient (Wildman–Crippen LogP) is 1.82. The fourth-order valence-electron chi connectivity index (χ4n) is 1.23. The van der Waals surface area contributed by atoms with Gasteiger partial charge in [-0.3, -0.25) is 0 Å². The van der Waals surface area contributed by atoms with E-state index in [1.807, 2.05) is 14.1 Å². The van der Waals surface area contributed by atoms with E-state index >= 15 is 0 Å². The molecule has 0 radical (unpaired) electrons. The Morgan fingerprint density at radius 3 is 2.25 bits per heavy atom. The Balaban J connectivity index is 2.18. The SMILES string of the molecule is CN(C)c1ccc(C2CO2)cc1. The standard InChI is InChI=1S/C10H13NO/c1-11(2)9-5-3-8(4-6-9)10-7-12-10/h3-6,10H,7H2,1-2H3. The van der Waals surface area contributed by atoms with Crippen LogP contribution in [0.3, 0.4) is 0 Å². The van der Waals surface area contributed by atoms with Crippen molar-refractivity contribution in [3.63, 3.8) is 0 Å². The van der Waals surface area contributed by atoms with Crippen molar-refractivity contribution in [2.45, 2.75) is 6.10 Å². The van der Waals surface area contributed by atoms with E-state index < -0.39 is 0 Å². The van der Waals surface area contributed by atoms with E-state index in [0.29, 0.717) is 6.10 Å². The van der Waals surface area contributed by atoms with Gasteiger partial charge in [-0.05, 0) is 17.7 Å². The molecule has 2 nitrogen and oxygen atoms in total. The number of epoxide rings is 1. The first-order chi connectivity index (χ1) is 5.77. The summed E-state index contributed by atoms with van der Waals surface area (Å²) in [5.41, 5.74) is 2.53. The van der Waals surface area contributed by atoms with Crippen LogP contribution < -0.4 is 4.90 Å². The maximum absolute atomic E-state index is 5.18. The molecule has 1 heterocycles. The lowest BCUT2D eigenvalue weighted by Crippen LogP contribution is -2.08. The Kier molecular flexibility index (Phi) is 1.77. The molecule has 0 spiro atoms. The minimum absolute atomic E-state index is 0.376. The summed E-state index contributed by atoms with van der Waals surface area (Å²) in [5, 5.41) is 0. The van der Waals surface area contributed by atoms with Gasteiger partial charge in [0.1, 0.15) is 6.10 Å². The molecule has 0 N–H and O–H groups in total. The molecule has 12 heavy (non-hydrogen) atoms. The number of rotatable bonds is 2. The number of ether oxygens (including phenoxy) is 1. The van der Waals surface area contributed by atoms with Crippen molar-refractivity contribution in [1.82, 2.24) is 0 Å². The fraction of sp³-hybridized carbons (Fsp3) is 0.400. The summed E-state index contributed by atoms with van der Waals surface area (Å²) in [6.45, 7) is 0.890. The van der Waals surface area contributed by atoms with Crippen molar-refractivity contribution in [1.29, 1.82) is 0 Å². The number of nitrogens with zero attached hydrogens (tertiary/aromatic N) is 1. The lowest BCUT2D eigenvalue weighted by atomic mass is 10.1. The van der Waals surface area contributed by atoms with Crippen LogP contribution >= 0.6 is 0 Å². The van der Waals surface area contributed by atoms with E-state index in [1.165, 1.54) is 11.3 Å². The van der Waals surface area contributed by atoms with Gasteiger partial charge in [-0.2, -0.15) is 0 Å². The minimum Gasteiger partial charge on any atom is -0.378 e. The fourth-order valence-corrected chi connectivity index (χ4v) is 1.23. The molecule has 64 valence electrons. The molecule has 1 fully saturated rings. The smallest absolute Gasteiger partial charge is 0.106 e. The van der Waals surface area contributed by atoms with Crippen molar-refractivity contribution in [3.05, 3.63) is 29.8 Å². The molecule has 0 saturated carbocycles. The van der Waals surface area contributed by atoms with E-state index in [4.69, 9.17) is 4.74 Å². The molecule has 0 bridgehead atoms. The summed E-state index contributed by atoms with van der Waals surface area (Å²) in [6, 6.07) is 8.51. The molecule has 1 unspecified atom stereocenters. The topological polar surface area (TPSA) is 15.8 Å². The largest absolute Gasteiger partial charge is 0.378 e. The van der Waals surface area contributed by atoms with Crippen LogP contribution in [0.2, 0.25) is 0 Å². The third-order valence-electron chi connectivity index (χ3n) is 2.11. The second-order valence-electron chi connectivity index (χ2n) is 3.31. The number of hydrogen-bond acceptors (Lipinski definition) is 2. The van der Waals surface area contributed by atoms with Gasteiger partial charge in [0, 0.05) is 19.8 Å². The molecule has 1 saturated heterocycles. The molecule has 1 aromatic carbocycles. The molecule has 1 aromatic rings. The van der Waals surface area contributed by atoms with Gasteiger partial charge >= 0.3 is 0 Å². The molecule has 2 rings (SSSR count). The lowest BCUT2D eigenvalue weighted by Gasteiger charge is -2.11. The van der Waals surface area contributed by atoms with Crippen LogP contribution in [0.15, 0.2) is 24.3 Å². The number of benzene rings is 1. The highest BCUT2D eigenvalue weighted by Gasteiger charge is 2.24.